The lowest BCUT2D eigenvalue weighted by atomic mass is 10.3. The van der Waals surface area contributed by atoms with E-state index in [1.165, 1.54) is 0 Å². The maximum atomic E-state index is 11.1. The van der Waals surface area contributed by atoms with Gasteiger partial charge in [-0.15, -0.1) is 0 Å². The maximum absolute atomic E-state index is 11.1. The fraction of sp³-hybridized carbons (Fsp3) is 0.900. The quantitative estimate of drug-likeness (QED) is 0.456. The summed E-state index contributed by atoms with van der Waals surface area (Å²) in [6.45, 7) is 4.09. The molecule has 0 heterocycles. The van der Waals surface area contributed by atoms with E-state index in [1.54, 1.807) is 7.11 Å². The molecule has 1 unspecified atom stereocenters. The predicted molar refractivity (Wildman–Crippen MR) is 58.7 cm³/mol. The van der Waals surface area contributed by atoms with Gasteiger partial charge >= 0.3 is 0 Å². The van der Waals surface area contributed by atoms with Crippen LogP contribution in [-0.2, 0) is 9.53 Å². The Labute approximate surface area is 91.2 Å². The number of hydrogen-bond acceptors (Lipinski definition) is 4. The molecule has 0 aromatic heterocycles. The van der Waals surface area contributed by atoms with Crippen LogP contribution in [-0.4, -0.2) is 50.5 Å². The topological polar surface area (TPSA) is 70.6 Å². The molecule has 0 saturated carbocycles. The van der Waals surface area contributed by atoms with E-state index in [0.717, 1.165) is 13.0 Å². The summed E-state index contributed by atoms with van der Waals surface area (Å²) in [5.74, 6) is 0.0468. The van der Waals surface area contributed by atoms with E-state index in [1.807, 2.05) is 6.92 Å². The number of amides is 1. The smallest absolute Gasteiger partial charge is 0.221 e. The highest BCUT2D eigenvalue weighted by Crippen LogP contribution is 1.83. The Morgan fingerprint density at radius 3 is 2.80 bits per heavy atom. The highest BCUT2D eigenvalue weighted by atomic mass is 16.5. The van der Waals surface area contributed by atoms with Crippen LogP contribution in [0, 0.1) is 0 Å². The summed E-state index contributed by atoms with van der Waals surface area (Å²) in [5.41, 5.74) is 0. The zero-order valence-corrected chi connectivity index (χ0v) is 9.58. The van der Waals surface area contributed by atoms with Crippen molar-refractivity contribution in [3.8, 4) is 0 Å². The first-order valence-electron chi connectivity index (χ1n) is 5.35. The van der Waals surface area contributed by atoms with Crippen LogP contribution in [0.3, 0.4) is 0 Å². The first-order chi connectivity index (χ1) is 7.20. The van der Waals surface area contributed by atoms with Crippen molar-refractivity contribution < 1.29 is 14.6 Å². The summed E-state index contributed by atoms with van der Waals surface area (Å²) in [7, 11) is 1.54. The molecule has 0 bridgehead atoms. The van der Waals surface area contributed by atoms with Crippen LogP contribution in [0.2, 0.25) is 0 Å². The third kappa shape index (κ3) is 9.65. The summed E-state index contributed by atoms with van der Waals surface area (Å²) in [6.07, 6.45) is 0.888. The van der Waals surface area contributed by atoms with Gasteiger partial charge in [-0.05, 0) is 6.42 Å². The Morgan fingerprint density at radius 2 is 2.20 bits per heavy atom. The average Bonchev–Trinajstić information content (AvgIpc) is 2.22. The van der Waals surface area contributed by atoms with Crippen molar-refractivity contribution in [2.75, 3.05) is 33.4 Å². The van der Waals surface area contributed by atoms with Gasteiger partial charge in [0.25, 0.3) is 0 Å². The second kappa shape index (κ2) is 9.89. The van der Waals surface area contributed by atoms with E-state index in [0.29, 0.717) is 26.1 Å². The lowest BCUT2D eigenvalue weighted by Crippen LogP contribution is -2.33. The number of hydrogen-bond donors (Lipinski definition) is 3. The fourth-order valence-electron chi connectivity index (χ4n) is 1.07. The molecule has 0 aliphatic heterocycles. The normalized spacial score (nSPS) is 12.5. The van der Waals surface area contributed by atoms with E-state index in [2.05, 4.69) is 10.6 Å². The van der Waals surface area contributed by atoms with Crippen LogP contribution in [0.25, 0.3) is 0 Å². The van der Waals surface area contributed by atoms with Crippen LogP contribution in [0.15, 0.2) is 0 Å². The number of ether oxygens (including phenoxy) is 1. The van der Waals surface area contributed by atoms with Gasteiger partial charge in [-0.1, -0.05) is 6.92 Å². The average molecular weight is 218 g/mol. The molecule has 0 saturated heterocycles. The molecule has 0 radical (unpaired) electrons. The van der Waals surface area contributed by atoms with Crippen molar-refractivity contribution in [1.82, 2.24) is 10.6 Å². The minimum atomic E-state index is -0.506. The minimum absolute atomic E-state index is 0.0468. The van der Waals surface area contributed by atoms with Crippen molar-refractivity contribution in [1.29, 1.82) is 0 Å². The highest BCUT2D eigenvalue weighted by Gasteiger charge is 2.03. The number of nitrogens with one attached hydrogen (secondary N) is 2. The zero-order chi connectivity index (χ0) is 11.5. The van der Waals surface area contributed by atoms with Gasteiger partial charge in [-0.3, -0.25) is 4.79 Å². The number of carbonyl (C=O) groups is 1. The zero-order valence-electron chi connectivity index (χ0n) is 9.58. The molecular weight excluding hydrogens is 196 g/mol. The third-order valence-corrected chi connectivity index (χ3v) is 1.84. The Balaban J connectivity index is 3.26. The van der Waals surface area contributed by atoms with E-state index < -0.39 is 6.10 Å². The van der Waals surface area contributed by atoms with Crippen LogP contribution in [0.1, 0.15) is 19.8 Å². The molecule has 90 valence electrons. The predicted octanol–water partition coefficient (Wildman–Crippen LogP) is -0.500. The number of carbonyl (C=O) groups excluding carboxylic acids is 1. The van der Waals surface area contributed by atoms with E-state index in [4.69, 9.17) is 4.74 Å². The number of rotatable bonds is 9. The highest BCUT2D eigenvalue weighted by molar-refractivity contribution is 5.75. The molecule has 0 aromatic carbocycles. The van der Waals surface area contributed by atoms with Gasteiger partial charge < -0.3 is 20.5 Å². The number of aliphatic hydroxyl groups is 1. The van der Waals surface area contributed by atoms with Gasteiger partial charge in [0.1, 0.15) is 0 Å². The van der Waals surface area contributed by atoms with Gasteiger partial charge in [-0.2, -0.15) is 0 Å². The monoisotopic (exact) mass is 218 g/mol. The summed E-state index contributed by atoms with van der Waals surface area (Å²) >= 11 is 0. The van der Waals surface area contributed by atoms with E-state index in [9.17, 15) is 9.90 Å². The van der Waals surface area contributed by atoms with Crippen molar-refractivity contribution in [2.24, 2.45) is 0 Å². The van der Waals surface area contributed by atoms with Gasteiger partial charge in [-0.25, -0.2) is 0 Å². The SMILES string of the molecule is CCCNC(=O)CCNCC(O)COC. The van der Waals surface area contributed by atoms with Gasteiger partial charge in [0.15, 0.2) is 0 Å². The molecule has 0 rings (SSSR count). The largest absolute Gasteiger partial charge is 0.389 e. The molecule has 3 N–H and O–H groups in total. The standard InChI is InChI=1S/C10H22N2O3/c1-3-5-12-10(14)4-6-11-7-9(13)8-15-2/h9,11,13H,3-8H2,1-2H3,(H,12,14). The van der Waals surface area contributed by atoms with Gasteiger partial charge in [0.2, 0.25) is 5.91 Å². The molecule has 1 amide bonds. The van der Waals surface area contributed by atoms with Crippen molar-refractivity contribution >= 4 is 5.91 Å². The minimum Gasteiger partial charge on any atom is -0.389 e. The second-order valence-electron chi connectivity index (χ2n) is 3.41. The Morgan fingerprint density at radius 1 is 1.47 bits per heavy atom. The number of methoxy groups -OCH3 is 1. The molecule has 5 heteroatoms. The van der Waals surface area contributed by atoms with Crippen molar-refractivity contribution in [3.05, 3.63) is 0 Å². The molecule has 0 aliphatic rings. The molecule has 0 aliphatic carbocycles. The first-order valence-corrected chi connectivity index (χ1v) is 5.35. The molecule has 1 atom stereocenters. The Bertz CT molecular complexity index is 165. The van der Waals surface area contributed by atoms with Crippen LogP contribution >= 0.6 is 0 Å². The molecule has 5 nitrogen and oxygen atoms in total. The molecule has 0 spiro atoms. The van der Waals surface area contributed by atoms with Crippen molar-refractivity contribution in [2.45, 2.75) is 25.9 Å². The maximum Gasteiger partial charge on any atom is 0.221 e. The van der Waals surface area contributed by atoms with Crippen LogP contribution in [0.4, 0.5) is 0 Å². The summed E-state index contributed by atoms with van der Waals surface area (Å²) in [5, 5.41) is 15.0. The molecule has 15 heavy (non-hydrogen) atoms. The Hall–Kier alpha value is -0.650. The van der Waals surface area contributed by atoms with Gasteiger partial charge in [0.05, 0.1) is 12.7 Å². The fourth-order valence-corrected chi connectivity index (χ4v) is 1.07. The van der Waals surface area contributed by atoms with Crippen molar-refractivity contribution in [3.63, 3.8) is 0 Å². The summed E-state index contributed by atoms with van der Waals surface area (Å²) in [6, 6.07) is 0. The summed E-state index contributed by atoms with van der Waals surface area (Å²) < 4.78 is 4.77. The molecule has 0 aromatic rings. The van der Waals surface area contributed by atoms with E-state index >= 15 is 0 Å². The number of aliphatic hydroxyl groups excluding tert-OH is 1. The van der Waals surface area contributed by atoms with E-state index in [-0.39, 0.29) is 5.91 Å². The van der Waals surface area contributed by atoms with Gasteiger partial charge in [0, 0.05) is 33.2 Å². The second-order valence-corrected chi connectivity index (χ2v) is 3.41. The summed E-state index contributed by atoms with van der Waals surface area (Å²) in [4.78, 5) is 11.1. The lowest BCUT2D eigenvalue weighted by molar-refractivity contribution is -0.121. The molecular formula is C10H22N2O3. The third-order valence-electron chi connectivity index (χ3n) is 1.84. The molecule has 0 fully saturated rings. The van der Waals surface area contributed by atoms with Crippen LogP contribution < -0.4 is 10.6 Å². The Kier molecular flexibility index (Phi) is 9.46. The first kappa shape index (κ1) is 14.3. The van der Waals surface area contributed by atoms with Crippen LogP contribution in [0.5, 0.6) is 0 Å². The lowest BCUT2D eigenvalue weighted by Gasteiger charge is -2.10.